The van der Waals surface area contributed by atoms with Gasteiger partial charge < -0.3 is 9.63 Å². The van der Waals surface area contributed by atoms with E-state index >= 15 is 0 Å². The van der Waals surface area contributed by atoms with Crippen LogP contribution >= 0.6 is 0 Å². The lowest BCUT2D eigenvalue weighted by atomic mass is 10.0. The number of nitrogens with one attached hydrogen (secondary N) is 1. The Morgan fingerprint density at radius 1 is 1.42 bits per heavy atom. The number of likely N-dealkylation sites (tertiary alicyclic amines) is 1. The van der Waals surface area contributed by atoms with Crippen molar-refractivity contribution in [3.05, 3.63) is 47.2 Å². The second-order valence-corrected chi connectivity index (χ2v) is 6.34. The molecule has 1 fully saturated rings. The van der Waals surface area contributed by atoms with Gasteiger partial charge in [-0.15, -0.1) is 0 Å². The average Bonchev–Trinajstić information content (AvgIpc) is 3.12. The highest BCUT2D eigenvalue weighted by Crippen LogP contribution is 2.36. The van der Waals surface area contributed by atoms with E-state index < -0.39 is 29.8 Å². The summed E-state index contributed by atoms with van der Waals surface area (Å²) in [6.45, 7) is 1.82. The summed E-state index contributed by atoms with van der Waals surface area (Å²) in [5.41, 5.74) is 0.274. The first kappa shape index (κ1) is 18.4. The Labute approximate surface area is 147 Å². The number of nitrogens with zero attached hydrogens (tertiary/aromatic N) is 2. The van der Waals surface area contributed by atoms with E-state index in [0.29, 0.717) is 11.3 Å². The van der Waals surface area contributed by atoms with Crippen LogP contribution in [0.1, 0.15) is 29.3 Å². The SMILES string of the molecule is Cc1cc(NC(=O)CN2C[C@@H](O)C[C@@H]2c2cccc(C(F)(F)F)c2)on1. The van der Waals surface area contributed by atoms with Crippen molar-refractivity contribution in [2.24, 2.45) is 0 Å². The maximum atomic E-state index is 12.9. The second kappa shape index (κ2) is 7.08. The molecule has 3 rings (SSSR count). The molecular formula is C17H18F3N3O3. The van der Waals surface area contributed by atoms with Gasteiger partial charge in [-0.05, 0) is 31.0 Å². The number of aryl methyl sites for hydroxylation is 1. The third-order valence-electron chi connectivity index (χ3n) is 4.22. The largest absolute Gasteiger partial charge is 0.416 e. The van der Waals surface area contributed by atoms with Crippen molar-refractivity contribution in [3.63, 3.8) is 0 Å². The van der Waals surface area contributed by atoms with Crippen LogP contribution in [0.2, 0.25) is 0 Å². The lowest BCUT2D eigenvalue weighted by molar-refractivity contribution is -0.137. The van der Waals surface area contributed by atoms with E-state index in [1.807, 2.05) is 0 Å². The van der Waals surface area contributed by atoms with Crippen LogP contribution in [0.4, 0.5) is 19.1 Å². The monoisotopic (exact) mass is 369 g/mol. The van der Waals surface area contributed by atoms with Crippen molar-refractivity contribution >= 4 is 11.8 Å². The van der Waals surface area contributed by atoms with Gasteiger partial charge in [-0.2, -0.15) is 13.2 Å². The maximum absolute atomic E-state index is 12.9. The summed E-state index contributed by atoms with van der Waals surface area (Å²) >= 11 is 0. The Kier molecular flexibility index (Phi) is 5.01. The Hall–Kier alpha value is -2.39. The number of carbonyl (C=O) groups excluding carboxylic acids is 1. The molecule has 1 aliphatic heterocycles. The van der Waals surface area contributed by atoms with Crippen LogP contribution in [0, 0.1) is 6.92 Å². The number of rotatable bonds is 4. The summed E-state index contributed by atoms with van der Waals surface area (Å²) in [7, 11) is 0. The minimum Gasteiger partial charge on any atom is -0.392 e. The number of alkyl halides is 3. The van der Waals surface area contributed by atoms with Gasteiger partial charge in [0.15, 0.2) is 0 Å². The topological polar surface area (TPSA) is 78.6 Å². The fraction of sp³-hybridized carbons (Fsp3) is 0.412. The molecular weight excluding hydrogens is 351 g/mol. The van der Waals surface area contributed by atoms with Crippen LogP contribution in [0.5, 0.6) is 0 Å². The predicted molar refractivity (Wildman–Crippen MR) is 86.3 cm³/mol. The number of anilines is 1. The van der Waals surface area contributed by atoms with Crippen LogP contribution in [-0.2, 0) is 11.0 Å². The molecule has 1 aromatic heterocycles. The number of hydrogen-bond acceptors (Lipinski definition) is 5. The molecule has 0 unspecified atom stereocenters. The fourth-order valence-electron chi connectivity index (χ4n) is 3.11. The fourth-order valence-corrected chi connectivity index (χ4v) is 3.11. The van der Waals surface area contributed by atoms with Crippen molar-refractivity contribution < 1.29 is 27.6 Å². The van der Waals surface area contributed by atoms with Gasteiger partial charge in [0, 0.05) is 18.7 Å². The molecule has 1 aromatic carbocycles. The molecule has 1 aliphatic rings. The van der Waals surface area contributed by atoms with Crippen molar-refractivity contribution in [1.29, 1.82) is 0 Å². The van der Waals surface area contributed by atoms with Crippen LogP contribution in [-0.4, -0.2) is 40.3 Å². The van der Waals surface area contributed by atoms with Gasteiger partial charge in [0.05, 0.1) is 23.9 Å². The number of halogens is 3. The van der Waals surface area contributed by atoms with Crippen molar-refractivity contribution in [1.82, 2.24) is 10.1 Å². The molecule has 26 heavy (non-hydrogen) atoms. The molecule has 0 bridgehead atoms. The zero-order valence-electron chi connectivity index (χ0n) is 14.0. The first-order valence-electron chi connectivity index (χ1n) is 8.05. The number of aliphatic hydroxyl groups is 1. The van der Waals surface area contributed by atoms with Crippen molar-refractivity contribution in [3.8, 4) is 0 Å². The standard InChI is InChI=1S/C17H18F3N3O3/c1-10-5-16(26-22-10)21-15(25)9-23-8-13(24)7-14(23)11-3-2-4-12(6-11)17(18,19)20/h2-6,13-14,24H,7-9H2,1H3,(H,21,25)/t13-,14+/m0/s1. The number of aliphatic hydroxyl groups excluding tert-OH is 1. The molecule has 2 aromatic rings. The molecule has 0 aliphatic carbocycles. The molecule has 1 saturated heterocycles. The van der Waals surface area contributed by atoms with Gasteiger partial charge in [-0.25, -0.2) is 0 Å². The molecule has 2 atom stereocenters. The zero-order valence-corrected chi connectivity index (χ0v) is 14.0. The van der Waals surface area contributed by atoms with Crippen molar-refractivity contribution in [2.75, 3.05) is 18.4 Å². The van der Waals surface area contributed by atoms with Crippen LogP contribution in [0.3, 0.4) is 0 Å². The summed E-state index contributed by atoms with van der Waals surface area (Å²) < 4.78 is 43.7. The summed E-state index contributed by atoms with van der Waals surface area (Å²) in [4.78, 5) is 13.8. The molecule has 1 amide bonds. The highest BCUT2D eigenvalue weighted by molar-refractivity contribution is 5.91. The normalized spacial score (nSPS) is 21.1. The summed E-state index contributed by atoms with van der Waals surface area (Å²) in [5, 5.41) is 16.1. The third-order valence-corrected chi connectivity index (χ3v) is 4.22. The average molecular weight is 369 g/mol. The zero-order chi connectivity index (χ0) is 18.9. The van der Waals surface area contributed by atoms with Crippen molar-refractivity contribution in [2.45, 2.75) is 31.7 Å². The van der Waals surface area contributed by atoms with E-state index in [0.717, 1.165) is 12.1 Å². The molecule has 2 N–H and O–H groups in total. The molecule has 0 radical (unpaired) electrons. The summed E-state index contributed by atoms with van der Waals surface area (Å²) in [6, 6.07) is 6.04. The molecule has 140 valence electrons. The lowest BCUT2D eigenvalue weighted by Gasteiger charge is -2.24. The van der Waals surface area contributed by atoms with Crippen LogP contribution in [0.15, 0.2) is 34.9 Å². The van der Waals surface area contributed by atoms with Crippen LogP contribution in [0.25, 0.3) is 0 Å². The van der Waals surface area contributed by atoms with E-state index in [4.69, 9.17) is 4.52 Å². The number of carbonyl (C=O) groups is 1. The maximum Gasteiger partial charge on any atom is 0.416 e. The Morgan fingerprint density at radius 3 is 2.85 bits per heavy atom. The van der Waals surface area contributed by atoms with E-state index in [9.17, 15) is 23.1 Å². The Bertz CT molecular complexity index is 791. The molecule has 9 heteroatoms. The van der Waals surface area contributed by atoms with Gasteiger partial charge in [-0.3, -0.25) is 15.0 Å². The minimum absolute atomic E-state index is 0.0856. The van der Waals surface area contributed by atoms with Gasteiger partial charge in [0.2, 0.25) is 11.8 Å². The second-order valence-electron chi connectivity index (χ2n) is 6.34. The number of hydrogen-bond donors (Lipinski definition) is 2. The lowest BCUT2D eigenvalue weighted by Crippen LogP contribution is -2.33. The molecule has 0 spiro atoms. The first-order chi connectivity index (χ1) is 12.2. The summed E-state index contributed by atoms with van der Waals surface area (Å²) in [5.74, 6) is -0.199. The van der Waals surface area contributed by atoms with E-state index in [1.165, 1.54) is 6.07 Å². The highest BCUT2D eigenvalue weighted by Gasteiger charge is 2.36. The number of aromatic nitrogens is 1. The smallest absolute Gasteiger partial charge is 0.392 e. The number of amides is 1. The van der Waals surface area contributed by atoms with E-state index in [-0.39, 0.29) is 25.4 Å². The molecule has 2 heterocycles. The Morgan fingerprint density at radius 2 is 2.19 bits per heavy atom. The Balaban J connectivity index is 1.73. The molecule has 0 saturated carbocycles. The number of β-amino-alcohol motifs (C(OH)–C–C–N with tert-alkyl or cyclic N) is 1. The van der Waals surface area contributed by atoms with Gasteiger partial charge >= 0.3 is 6.18 Å². The number of benzene rings is 1. The summed E-state index contributed by atoms with van der Waals surface area (Å²) in [6.07, 6.45) is -4.90. The minimum atomic E-state index is -4.44. The van der Waals surface area contributed by atoms with E-state index in [1.54, 1.807) is 24.0 Å². The predicted octanol–water partition coefficient (Wildman–Crippen LogP) is 2.75. The van der Waals surface area contributed by atoms with Crippen LogP contribution < -0.4 is 5.32 Å². The third kappa shape index (κ3) is 4.23. The highest BCUT2D eigenvalue weighted by atomic mass is 19.4. The van der Waals surface area contributed by atoms with Gasteiger partial charge in [0.25, 0.3) is 0 Å². The van der Waals surface area contributed by atoms with Gasteiger partial charge in [0.1, 0.15) is 0 Å². The first-order valence-corrected chi connectivity index (χ1v) is 8.05. The van der Waals surface area contributed by atoms with Gasteiger partial charge in [-0.1, -0.05) is 17.3 Å². The van der Waals surface area contributed by atoms with E-state index in [2.05, 4.69) is 10.5 Å². The quantitative estimate of drug-likeness (QED) is 0.867. The molecule has 6 nitrogen and oxygen atoms in total.